The first-order chi connectivity index (χ1) is 6.61. The molecule has 1 aromatic heterocycles. The topological polar surface area (TPSA) is 72.2 Å². The molecule has 14 heavy (non-hydrogen) atoms. The zero-order valence-corrected chi connectivity index (χ0v) is 7.67. The number of hydrogen-bond acceptors (Lipinski definition) is 3. The molecule has 0 fully saturated rings. The maximum absolute atomic E-state index is 11.1. The summed E-state index contributed by atoms with van der Waals surface area (Å²) in [5.74, 6) is -0.984. The minimum Gasteiger partial charge on any atom is -0.478 e. The molecule has 0 atom stereocenters. The van der Waals surface area contributed by atoms with Crippen molar-refractivity contribution in [3.63, 3.8) is 0 Å². The second-order valence-electron chi connectivity index (χ2n) is 2.75. The number of aliphatic carboxylic acids is 1. The van der Waals surface area contributed by atoms with Gasteiger partial charge in [0.2, 0.25) is 0 Å². The maximum Gasteiger partial charge on any atom is 0.347 e. The molecule has 0 unspecified atom stereocenters. The quantitative estimate of drug-likeness (QED) is 0.701. The van der Waals surface area contributed by atoms with Gasteiger partial charge in [-0.05, 0) is 13.0 Å². The van der Waals surface area contributed by atoms with Gasteiger partial charge in [-0.2, -0.15) is 0 Å². The van der Waals surface area contributed by atoms with Crippen molar-refractivity contribution in [2.75, 3.05) is 0 Å². The van der Waals surface area contributed by atoms with Gasteiger partial charge in [0.15, 0.2) is 0 Å². The van der Waals surface area contributed by atoms with Crippen molar-refractivity contribution >= 4 is 5.97 Å². The molecule has 5 heteroatoms. The van der Waals surface area contributed by atoms with Gasteiger partial charge >= 0.3 is 11.7 Å². The predicted octanol–water partition coefficient (Wildman–Crippen LogP) is 0.274. The van der Waals surface area contributed by atoms with Gasteiger partial charge in [-0.3, -0.25) is 4.57 Å². The Morgan fingerprint density at radius 1 is 1.71 bits per heavy atom. The van der Waals surface area contributed by atoms with Crippen molar-refractivity contribution in [1.29, 1.82) is 0 Å². The van der Waals surface area contributed by atoms with Crippen LogP contribution in [0, 0.1) is 0 Å². The summed E-state index contributed by atoms with van der Waals surface area (Å²) < 4.78 is 1.33. The Balaban J connectivity index is 2.81. The van der Waals surface area contributed by atoms with Gasteiger partial charge in [0.05, 0.1) is 0 Å². The lowest BCUT2D eigenvalue weighted by Gasteiger charge is -1.99. The van der Waals surface area contributed by atoms with Crippen LogP contribution in [-0.4, -0.2) is 20.6 Å². The normalized spacial score (nSPS) is 11.4. The van der Waals surface area contributed by atoms with E-state index in [-0.39, 0.29) is 17.8 Å². The summed E-state index contributed by atoms with van der Waals surface area (Å²) in [4.78, 5) is 25.0. The summed E-state index contributed by atoms with van der Waals surface area (Å²) in [5, 5.41) is 8.56. The third-order valence-electron chi connectivity index (χ3n) is 1.71. The molecule has 0 aromatic carbocycles. The molecular formula is C9H10N2O3. The highest BCUT2D eigenvalue weighted by Gasteiger charge is 1.99. The predicted molar refractivity (Wildman–Crippen MR) is 49.9 cm³/mol. The van der Waals surface area contributed by atoms with Gasteiger partial charge in [0.1, 0.15) is 0 Å². The third kappa shape index (κ3) is 2.55. The summed E-state index contributed by atoms with van der Waals surface area (Å²) in [7, 11) is 0. The largest absolute Gasteiger partial charge is 0.478 e. The summed E-state index contributed by atoms with van der Waals surface area (Å²) >= 11 is 0. The summed E-state index contributed by atoms with van der Waals surface area (Å²) in [6.07, 6.45) is 4.42. The minimum absolute atomic E-state index is 0.209. The molecule has 5 nitrogen and oxygen atoms in total. The van der Waals surface area contributed by atoms with Crippen LogP contribution in [0.3, 0.4) is 0 Å². The number of carbonyl (C=O) groups is 1. The summed E-state index contributed by atoms with van der Waals surface area (Å²) in [6, 6.07) is 1.62. The van der Waals surface area contributed by atoms with Crippen LogP contribution in [0.25, 0.3) is 0 Å². The molecule has 0 radical (unpaired) electrons. The number of carboxylic acid groups (broad SMARTS) is 1. The van der Waals surface area contributed by atoms with E-state index in [9.17, 15) is 9.59 Å². The van der Waals surface area contributed by atoms with Crippen LogP contribution in [0.5, 0.6) is 0 Å². The van der Waals surface area contributed by atoms with E-state index in [0.29, 0.717) is 0 Å². The van der Waals surface area contributed by atoms with Gasteiger partial charge < -0.3 is 5.11 Å². The van der Waals surface area contributed by atoms with Crippen LogP contribution < -0.4 is 5.69 Å². The average molecular weight is 194 g/mol. The number of nitrogens with zero attached hydrogens (tertiary/aromatic N) is 2. The highest BCUT2D eigenvalue weighted by atomic mass is 16.4. The van der Waals surface area contributed by atoms with E-state index in [1.165, 1.54) is 23.8 Å². The zero-order valence-electron chi connectivity index (χ0n) is 7.67. The van der Waals surface area contributed by atoms with E-state index in [2.05, 4.69) is 4.98 Å². The fourth-order valence-corrected chi connectivity index (χ4v) is 0.849. The van der Waals surface area contributed by atoms with Crippen molar-refractivity contribution in [3.05, 3.63) is 40.6 Å². The van der Waals surface area contributed by atoms with Crippen LogP contribution in [0.1, 0.15) is 6.92 Å². The lowest BCUT2D eigenvalue weighted by atomic mass is 10.3. The van der Waals surface area contributed by atoms with E-state index in [4.69, 9.17) is 5.11 Å². The number of aromatic nitrogens is 2. The van der Waals surface area contributed by atoms with Gasteiger partial charge in [-0.15, -0.1) is 0 Å². The summed E-state index contributed by atoms with van der Waals surface area (Å²) in [5.41, 5.74) is -0.178. The van der Waals surface area contributed by atoms with Crippen LogP contribution in [0.4, 0.5) is 0 Å². The summed E-state index contributed by atoms with van der Waals surface area (Å²) in [6.45, 7) is 1.70. The van der Waals surface area contributed by atoms with E-state index < -0.39 is 5.97 Å². The lowest BCUT2D eigenvalue weighted by Crippen LogP contribution is -2.21. The fourth-order valence-electron chi connectivity index (χ4n) is 0.849. The Morgan fingerprint density at radius 2 is 2.43 bits per heavy atom. The zero-order chi connectivity index (χ0) is 10.6. The Labute approximate surface area is 80.3 Å². The third-order valence-corrected chi connectivity index (χ3v) is 1.71. The van der Waals surface area contributed by atoms with Crippen molar-refractivity contribution in [1.82, 2.24) is 9.55 Å². The molecule has 0 aliphatic rings. The molecule has 0 saturated carbocycles. The number of rotatable bonds is 3. The molecule has 1 aromatic rings. The first-order valence-electron chi connectivity index (χ1n) is 4.03. The standard InChI is InChI=1S/C9H10N2O3/c1-7(8(12)13)3-6-11-5-2-4-10-9(11)14/h2-5H,6H2,1H3,(H,12,13). The monoisotopic (exact) mass is 194 g/mol. The van der Waals surface area contributed by atoms with Gasteiger partial charge in [-0.1, -0.05) is 6.08 Å². The van der Waals surface area contributed by atoms with E-state index >= 15 is 0 Å². The lowest BCUT2D eigenvalue weighted by molar-refractivity contribution is -0.132. The van der Waals surface area contributed by atoms with E-state index in [1.54, 1.807) is 12.3 Å². The molecule has 0 aliphatic heterocycles. The highest BCUT2D eigenvalue weighted by molar-refractivity contribution is 5.85. The molecule has 0 aliphatic carbocycles. The fraction of sp³-hybridized carbons (Fsp3) is 0.222. The number of hydrogen-bond donors (Lipinski definition) is 1. The SMILES string of the molecule is CC(=CCn1cccnc1=O)C(=O)O. The molecule has 74 valence electrons. The second kappa shape index (κ2) is 4.36. The van der Waals surface area contributed by atoms with Gasteiger partial charge in [0.25, 0.3) is 0 Å². The first-order valence-corrected chi connectivity index (χ1v) is 4.03. The molecule has 0 spiro atoms. The Morgan fingerprint density at radius 3 is 3.00 bits per heavy atom. The Kier molecular flexibility index (Phi) is 3.17. The van der Waals surface area contributed by atoms with Crippen molar-refractivity contribution in [2.45, 2.75) is 13.5 Å². The molecule has 1 rings (SSSR count). The van der Waals surface area contributed by atoms with Crippen LogP contribution in [0.15, 0.2) is 34.9 Å². The number of carboxylic acids is 1. The molecule has 0 amide bonds. The molecule has 1 N–H and O–H groups in total. The van der Waals surface area contributed by atoms with Crippen LogP contribution in [-0.2, 0) is 11.3 Å². The van der Waals surface area contributed by atoms with Crippen LogP contribution >= 0.6 is 0 Å². The first kappa shape index (κ1) is 10.2. The molecule has 1 heterocycles. The average Bonchev–Trinajstić information content (AvgIpc) is 2.16. The second-order valence-corrected chi connectivity index (χ2v) is 2.75. The Bertz CT molecular complexity index is 420. The van der Waals surface area contributed by atoms with Crippen molar-refractivity contribution in [2.24, 2.45) is 0 Å². The van der Waals surface area contributed by atoms with Crippen molar-refractivity contribution in [3.8, 4) is 0 Å². The smallest absolute Gasteiger partial charge is 0.347 e. The molecule has 0 bridgehead atoms. The molecule has 0 saturated heterocycles. The van der Waals surface area contributed by atoms with Crippen LogP contribution in [0.2, 0.25) is 0 Å². The van der Waals surface area contributed by atoms with Gasteiger partial charge in [-0.25, -0.2) is 14.6 Å². The van der Waals surface area contributed by atoms with E-state index in [1.807, 2.05) is 0 Å². The number of allylic oxidation sites excluding steroid dienone is 1. The molecular weight excluding hydrogens is 184 g/mol. The highest BCUT2D eigenvalue weighted by Crippen LogP contribution is 1.92. The minimum atomic E-state index is -0.984. The van der Waals surface area contributed by atoms with E-state index in [0.717, 1.165) is 0 Å². The van der Waals surface area contributed by atoms with Crippen molar-refractivity contribution < 1.29 is 9.90 Å². The maximum atomic E-state index is 11.1. The van der Waals surface area contributed by atoms with Gasteiger partial charge in [0, 0.05) is 24.5 Å². The Hall–Kier alpha value is -1.91.